The summed E-state index contributed by atoms with van der Waals surface area (Å²) in [6.45, 7) is 0. The predicted octanol–water partition coefficient (Wildman–Crippen LogP) is 2.47. The van der Waals surface area contributed by atoms with Gasteiger partial charge in [0.15, 0.2) is 16.2 Å². The summed E-state index contributed by atoms with van der Waals surface area (Å²) in [5.74, 6) is 0.857. The summed E-state index contributed by atoms with van der Waals surface area (Å²) in [4.78, 5) is 15.7. The molecule has 2 N–H and O–H groups in total. The van der Waals surface area contributed by atoms with E-state index in [4.69, 9.17) is 0 Å². The molecule has 2 heterocycles. The van der Waals surface area contributed by atoms with E-state index in [-0.39, 0.29) is 0 Å². The average molecular weight is 282 g/mol. The van der Waals surface area contributed by atoms with Crippen molar-refractivity contribution in [1.82, 2.24) is 19.9 Å². The lowest BCUT2D eigenvalue weighted by Crippen LogP contribution is -2.15. The topological polar surface area (TPSA) is 66.5 Å². The van der Waals surface area contributed by atoms with E-state index < -0.39 is 0 Å². The Kier molecular flexibility index (Phi) is 2.51. The smallest absolute Gasteiger partial charge is 0.183 e. The molecule has 1 aliphatic carbocycles. The highest BCUT2D eigenvalue weighted by atomic mass is 79.9. The lowest BCUT2D eigenvalue weighted by molar-refractivity contribution is 0.751. The molecular formula is C10H12BrN5. The summed E-state index contributed by atoms with van der Waals surface area (Å²) >= 11 is 3.31. The number of nitrogens with one attached hydrogen (secondary N) is 2. The van der Waals surface area contributed by atoms with Gasteiger partial charge in [0.25, 0.3) is 0 Å². The molecule has 3 rings (SSSR count). The number of hydrogen-bond acceptors (Lipinski definition) is 4. The molecule has 16 heavy (non-hydrogen) atoms. The van der Waals surface area contributed by atoms with Gasteiger partial charge in [-0.15, -0.1) is 0 Å². The van der Waals surface area contributed by atoms with Gasteiger partial charge in [0.1, 0.15) is 11.8 Å². The van der Waals surface area contributed by atoms with Gasteiger partial charge in [-0.2, -0.15) is 0 Å². The van der Waals surface area contributed by atoms with Crippen LogP contribution in [0.25, 0.3) is 11.2 Å². The lowest BCUT2D eigenvalue weighted by Gasteiger charge is -2.12. The fourth-order valence-corrected chi connectivity index (χ4v) is 2.54. The molecule has 2 aromatic heterocycles. The molecule has 0 aromatic carbocycles. The molecule has 0 saturated heterocycles. The zero-order valence-electron chi connectivity index (χ0n) is 8.70. The monoisotopic (exact) mass is 281 g/mol. The van der Waals surface area contributed by atoms with Gasteiger partial charge in [-0.25, -0.2) is 15.0 Å². The molecule has 1 fully saturated rings. The number of halogens is 1. The first-order chi connectivity index (χ1) is 7.83. The standard InChI is InChI=1S/C10H12BrN5/c11-10-15-7-8(12-5-13-9(7)16-10)14-6-3-1-2-4-6/h5-6H,1-4H2,(H2,12,13,14,15,16). The normalized spacial score (nSPS) is 17.1. The first-order valence-corrected chi connectivity index (χ1v) is 6.25. The summed E-state index contributed by atoms with van der Waals surface area (Å²) in [6.07, 6.45) is 6.60. The van der Waals surface area contributed by atoms with Crippen LogP contribution in [-0.4, -0.2) is 26.0 Å². The Morgan fingerprint density at radius 1 is 1.31 bits per heavy atom. The van der Waals surface area contributed by atoms with Crippen LogP contribution >= 0.6 is 15.9 Å². The number of rotatable bonds is 2. The van der Waals surface area contributed by atoms with Crippen molar-refractivity contribution in [3.63, 3.8) is 0 Å². The molecule has 1 aliphatic rings. The highest BCUT2D eigenvalue weighted by Gasteiger charge is 2.17. The first kappa shape index (κ1) is 10.0. The molecule has 0 spiro atoms. The maximum atomic E-state index is 4.27. The number of anilines is 1. The van der Waals surface area contributed by atoms with Crippen molar-refractivity contribution in [2.75, 3.05) is 5.32 Å². The molecule has 2 aromatic rings. The first-order valence-electron chi connectivity index (χ1n) is 5.45. The van der Waals surface area contributed by atoms with Gasteiger partial charge in [-0.05, 0) is 28.8 Å². The molecular weight excluding hydrogens is 270 g/mol. The van der Waals surface area contributed by atoms with Gasteiger partial charge in [0, 0.05) is 6.04 Å². The summed E-state index contributed by atoms with van der Waals surface area (Å²) in [6, 6.07) is 0.542. The van der Waals surface area contributed by atoms with Gasteiger partial charge < -0.3 is 10.3 Å². The van der Waals surface area contributed by atoms with Crippen molar-refractivity contribution in [3.8, 4) is 0 Å². The molecule has 84 valence electrons. The van der Waals surface area contributed by atoms with E-state index in [0.717, 1.165) is 11.3 Å². The van der Waals surface area contributed by atoms with Gasteiger partial charge >= 0.3 is 0 Å². The molecule has 0 atom stereocenters. The van der Waals surface area contributed by atoms with Crippen LogP contribution in [0.4, 0.5) is 5.82 Å². The molecule has 1 saturated carbocycles. The van der Waals surface area contributed by atoms with Crippen LogP contribution in [-0.2, 0) is 0 Å². The number of hydrogen-bond donors (Lipinski definition) is 2. The third-order valence-corrected chi connectivity index (χ3v) is 3.33. The number of nitrogens with zero attached hydrogens (tertiary/aromatic N) is 3. The quantitative estimate of drug-likeness (QED) is 0.830. The lowest BCUT2D eigenvalue weighted by atomic mass is 10.2. The Bertz CT molecular complexity index is 503. The Labute approximate surface area is 101 Å². The molecule has 6 heteroatoms. The fraction of sp³-hybridized carbons (Fsp3) is 0.500. The second-order valence-corrected chi connectivity index (χ2v) is 4.83. The van der Waals surface area contributed by atoms with Crippen LogP contribution < -0.4 is 5.32 Å². The number of aromatic nitrogens is 4. The van der Waals surface area contributed by atoms with E-state index in [1.807, 2.05) is 0 Å². The second kappa shape index (κ2) is 4.01. The molecule has 0 unspecified atom stereocenters. The zero-order valence-corrected chi connectivity index (χ0v) is 10.3. The SMILES string of the molecule is Brc1nc2ncnc(NC3CCCC3)c2[nH]1. The summed E-state index contributed by atoms with van der Waals surface area (Å²) < 4.78 is 0.692. The largest absolute Gasteiger partial charge is 0.365 e. The molecule has 0 amide bonds. The van der Waals surface area contributed by atoms with E-state index in [1.54, 1.807) is 6.33 Å². The third kappa shape index (κ3) is 1.77. The summed E-state index contributed by atoms with van der Waals surface area (Å²) in [5.41, 5.74) is 1.57. The number of fused-ring (bicyclic) bond motifs is 1. The van der Waals surface area contributed by atoms with Crippen LogP contribution in [0.15, 0.2) is 11.1 Å². The molecule has 0 radical (unpaired) electrons. The molecule has 5 nitrogen and oxygen atoms in total. The minimum Gasteiger partial charge on any atom is -0.365 e. The van der Waals surface area contributed by atoms with E-state index in [0.29, 0.717) is 16.4 Å². The van der Waals surface area contributed by atoms with Crippen LogP contribution in [0.5, 0.6) is 0 Å². The van der Waals surface area contributed by atoms with Crippen LogP contribution in [0.1, 0.15) is 25.7 Å². The minimum absolute atomic E-state index is 0.542. The van der Waals surface area contributed by atoms with E-state index in [9.17, 15) is 0 Å². The number of aromatic amines is 1. The fourth-order valence-electron chi connectivity index (χ4n) is 2.17. The highest BCUT2D eigenvalue weighted by molar-refractivity contribution is 9.10. The Morgan fingerprint density at radius 3 is 2.94 bits per heavy atom. The minimum atomic E-state index is 0.542. The summed E-state index contributed by atoms with van der Waals surface area (Å²) in [5, 5.41) is 3.45. The predicted molar refractivity (Wildman–Crippen MR) is 65.3 cm³/mol. The average Bonchev–Trinajstić information content (AvgIpc) is 2.86. The van der Waals surface area contributed by atoms with Crippen molar-refractivity contribution in [2.45, 2.75) is 31.7 Å². The van der Waals surface area contributed by atoms with Crippen molar-refractivity contribution < 1.29 is 0 Å². The Balaban J connectivity index is 1.95. The van der Waals surface area contributed by atoms with Crippen molar-refractivity contribution in [1.29, 1.82) is 0 Å². The molecule has 0 bridgehead atoms. The van der Waals surface area contributed by atoms with E-state index >= 15 is 0 Å². The highest BCUT2D eigenvalue weighted by Crippen LogP contribution is 2.24. The second-order valence-electron chi connectivity index (χ2n) is 4.07. The number of H-pyrrole nitrogens is 1. The zero-order chi connectivity index (χ0) is 11.0. The maximum Gasteiger partial charge on any atom is 0.183 e. The van der Waals surface area contributed by atoms with Crippen molar-refractivity contribution in [3.05, 3.63) is 11.1 Å². The molecule has 0 aliphatic heterocycles. The van der Waals surface area contributed by atoms with Gasteiger partial charge in [0.05, 0.1) is 0 Å². The van der Waals surface area contributed by atoms with Gasteiger partial charge in [-0.3, -0.25) is 0 Å². The number of imidazole rings is 1. The Morgan fingerprint density at radius 2 is 2.12 bits per heavy atom. The van der Waals surface area contributed by atoms with Crippen molar-refractivity contribution >= 4 is 32.9 Å². The summed E-state index contributed by atoms with van der Waals surface area (Å²) in [7, 11) is 0. The van der Waals surface area contributed by atoms with Crippen molar-refractivity contribution in [2.24, 2.45) is 0 Å². The van der Waals surface area contributed by atoms with E-state index in [1.165, 1.54) is 25.7 Å². The van der Waals surface area contributed by atoms with Crippen LogP contribution in [0.2, 0.25) is 0 Å². The maximum absolute atomic E-state index is 4.27. The van der Waals surface area contributed by atoms with Gasteiger partial charge in [0.2, 0.25) is 0 Å². The van der Waals surface area contributed by atoms with Gasteiger partial charge in [-0.1, -0.05) is 12.8 Å². The Hall–Kier alpha value is -1.17. The van der Waals surface area contributed by atoms with Crippen LogP contribution in [0.3, 0.4) is 0 Å². The van der Waals surface area contributed by atoms with Crippen LogP contribution in [0, 0.1) is 0 Å². The van der Waals surface area contributed by atoms with E-state index in [2.05, 4.69) is 41.2 Å². The third-order valence-electron chi connectivity index (χ3n) is 2.96.